The van der Waals surface area contributed by atoms with Gasteiger partial charge in [0.2, 0.25) is 15.9 Å². The molecule has 1 aliphatic rings. The molecule has 8 heteroatoms. The molecule has 1 aromatic rings. The van der Waals surface area contributed by atoms with Crippen LogP contribution in [0.25, 0.3) is 0 Å². The van der Waals surface area contributed by atoms with Crippen molar-refractivity contribution >= 4 is 21.6 Å². The lowest BCUT2D eigenvalue weighted by molar-refractivity contribution is -0.116. The number of benzene rings is 1. The smallest absolute Gasteiger partial charge is 0.225 e. The van der Waals surface area contributed by atoms with Gasteiger partial charge in [-0.2, -0.15) is 0 Å². The Morgan fingerprint density at radius 3 is 2.67 bits per heavy atom. The zero-order valence-corrected chi connectivity index (χ0v) is 12.5. The molecule has 2 rings (SSSR count). The maximum absolute atomic E-state index is 11.7. The van der Waals surface area contributed by atoms with Gasteiger partial charge in [-0.3, -0.25) is 4.79 Å². The monoisotopic (exact) mass is 314 g/mol. The fraction of sp³-hybridized carbons (Fsp3) is 0.462. The van der Waals surface area contributed by atoms with E-state index in [0.717, 1.165) is 0 Å². The predicted octanol–water partition coefficient (Wildman–Crippen LogP) is 0.726. The molecule has 21 heavy (non-hydrogen) atoms. The number of hydrogen-bond acceptors (Lipinski definition) is 5. The zero-order valence-electron chi connectivity index (χ0n) is 11.7. The number of carbonyl (C=O) groups excluding carboxylic acids is 1. The summed E-state index contributed by atoms with van der Waals surface area (Å²) in [6, 6.07) is 5.12. The van der Waals surface area contributed by atoms with Crippen LogP contribution in [0.5, 0.6) is 11.5 Å². The maximum Gasteiger partial charge on any atom is 0.225 e. The summed E-state index contributed by atoms with van der Waals surface area (Å²) in [6.07, 6.45) is 0.0632. The highest BCUT2D eigenvalue weighted by atomic mass is 32.2. The lowest BCUT2D eigenvalue weighted by Crippen LogP contribution is -2.28. The Kier molecular flexibility index (Phi) is 5.03. The van der Waals surface area contributed by atoms with Crippen LogP contribution in [0, 0.1) is 0 Å². The topological polar surface area (TPSA) is 93.7 Å². The molecule has 116 valence electrons. The van der Waals surface area contributed by atoms with Crippen LogP contribution < -0.4 is 19.5 Å². The highest BCUT2D eigenvalue weighted by molar-refractivity contribution is 7.89. The van der Waals surface area contributed by atoms with E-state index < -0.39 is 10.0 Å². The first kappa shape index (κ1) is 15.6. The van der Waals surface area contributed by atoms with Crippen LogP contribution in [0.15, 0.2) is 18.2 Å². The second-order valence-electron chi connectivity index (χ2n) is 4.45. The van der Waals surface area contributed by atoms with Crippen LogP contribution in [0.3, 0.4) is 0 Å². The Bertz CT molecular complexity index is 615. The van der Waals surface area contributed by atoms with Gasteiger partial charge in [0.05, 0.1) is 5.75 Å². The van der Waals surface area contributed by atoms with E-state index in [2.05, 4.69) is 10.0 Å². The second-order valence-corrected chi connectivity index (χ2v) is 6.55. The number of hydrogen-bond donors (Lipinski definition) is 2. The SMILES string of the molecule is CCS(=O)(=O)NCCC(=O)Nc1ccc2c(c1)OCCO2. The standard InChI is InChI=1S/C13H18N2O5S/c1-2-21(17,18)14-6-5-13(16)15-10-3-4-11-12(9-10)20-8-7-19-11/h3-4,9,14H,2,5-8H2,1H3,(H,15,16). The zero-order chi connectivity index (χ0) is 15.3. The lowest BCUT2D eigenvalue weighted by atomic mass is 10.2. The molecule has 0 radical (unpaired) electrons. The fourth-order valence-corrected chi connectivity index (χ4v) is 2.38. The first-order chi connectivity index (χ1) is 10.00. The minimum atomic E-state index is -3.27. The molecule has 2 N–H and O–H groups in total. The van der Waals surface area contributed by atoms with Crippen molar-refractivity contribution in [2.45, 2.75) is 13.3 Å². The van der Waals surface area contributed by atoms with E-state index in [0.29, 0.717) is 30.4 Å². The highest BCUT2D eigenvalue weighted by Crippen LogP contribution is 2.32. The van der Waals surface area contributed by atoms with Crippen LogP contribution in [0.1, 0.15) is 13.3 Å². The van der Waals surface area contributed by atoms with E-state index >= 15 is 0 Å². The van der Waals surface area contributed by atoms with E-state index in [9.17, 15) is 13.2 Å². The Balaban J connectivity index is 1.85. The number of anilines is 1. The number of fused-ring (bicyclic) bond motifs is 1. The Morgan fingerprint density at radius 2 is 1.95 bits per heavy atom. The van der Waals surface area contributed by atoms with Crippen molar-refractivity contribution in [1.82, 2.24) is 4.72 Å². The minimum Gasteiger partial charge on any atom is -0.486 e. The van der Waals surface area contributed by atoms with E-state index in [1.54, 1.807) is 18.2 Å². The minimum absolute atomic E-state index is 0.00319. The van der Waals surface area contributed by atoms with Crippen molar-refractivity contribution in [1.29, 1.82) is 0 Å². The largest absolute Gasteiger partial charge is 0.486 e. The Labute approximate surface area is 123 Å². The van der Waals surface area contributed by atoms with Crippen molar-refractivity contribution in [3.8, 4) is 11.5 Å². The van der Waals surface area contributed by atoms with Crippen LogP contribution in [-0.2, 0) is 14.8 Å². The molecule has 0 saturated carbocycles. The number of sulfonamides is 1. The number of amides is 1. The van der Waals surface area contributed by atoms with E-state index in [1.165, 1.54) is 6.92 Å². The van der Waals surface area contributed by atoms with Crippen molar-refractivity contribution in [2.75, 3.05) is 30.8 Å². The summed E-state index contributed by atoms with van der Waals surface area (Å²) in [5.41, 5.74) is 0.586. The predicted molar refractivity (Wildman–Crippen MR) is 78.1 cm³/mol. The quantitative estimate of drug-likeness (QED) is 0.807. The Hall–Kier alpha value is -1.80. The van der Waals surface area contributed by atoms with Crippen LogP contribution in [0.2, 0.25) is 0 Å². The average molecular weight is 314 g/mol. The molecule has 1 aliphatic heterocycles. The molecule has 0 fully saturated rings. The highest BCUT2D eigenvalue weighted by Gasteiger charge is 2.13. The molecule has 0 atom stereocenters. The van der Waals surface area contributed by atoms with Crippen molar-refractivity contribution in [2.24, 2.45) is 0 Å². The number of ether oxygens (including phenoxy) is 2. The van der Waals surface area contributed by atoms with Crippen molar-refractivity contribution in [3.63, 3.8) is 0 Å². The van der Waals surface area contributed by atoms with Crippen LogP contribution in [0.4, 0.5) is 5.69 Å². The van der Waals surface area contributed by atoms with Gasteiger partial charge in [-0.15, -0.1) is 0 Å². The first-order valence-corrected chi connectivity index (χ1v) is 8.32. The number of rotatable bonds is 6. The fourth-order valence-electron chi connectivity index (χ4n) is 1.77. The summed E-state index contributed by atoms with van der Waals surface area (Å²) < 4.78 is 35.6. The second kappa shape index (κ2) is 6.77. The molecule has 0 unspecified atom stereocenters. The summed E-state index contributed by atoms with van der Waals surface area (Å²) in [4.78, 5) is 11.7. The van der Waals surface area contributed by atoms with Gasteiger partial charge in [-0.1, -0.05) is 0 Å². The summed E-state index contributed by atoms with van der Waals surface area (Å²) in [6.45, 7) is 2.60. The number of nitrogens with one attached hydrogen (secondary N) is 2. The van der Waals surface area contributed by atoms with Gasteiger partial charge >= 0.3 is 0 Å². The van der Waals surface area contributed by atoms with Gasteiger partial charge in [-0.25, -0.2) is 13.1 Å². The lowest BCUT2D eigenvalue weighted by Gasteiger charge is -2.19. The van der Waals surface area contributed by atoms with Gasteiger partial charge in [0.15, 0.2) is 11.5 Å². The molecule has 0 aliphatic carbocycles. The van der Waals surface area contributed by atoms with Gasteiger partial charge in [0, 0.05) is 24.7 Å². The maximum atomic E-state index is 11.7. The summed E-state index contributed by atoms with van der Waals surface area (Å²) >= 11 is 0. The van der Waals surface area contributed by atoms with Gasteiger partial charge in [0.1, 0.15) is 13.2 Å². The summed E-state index contributed by atoms with van der Waals surface area (Å²) in [7, 11) is -3.27. The van der Waals surface area contributed by atoms with Crippen molar-refractivity contribution < 1.29 is 22.7 Å². The molecule has 1 heterocycles. The van der Waals surface area contributed by atoms with E-state index in [1.807, 2.05) is 0 Å². The third-order valence-electron chi connectivity index (χ3n) is 2.88. The normalized spacial score (nSPS) is 13.8. The molecular formula is C13H18N2O5S. The van der Waals surface area contributed by atoms with Gasteiger partial charge in [0.25, 0.3) is 0 Å². The number of carbonyl (C=O) groups is 1. The molecule has 1 aromatic carbocycles. The molecular weight excluding hydrogens is 296 g/mol. The molecule has 1 amide bonds. The van der Waals surface area contributed by atoms with Crippen LogP contribution in [-0.4, -0.2) is 39.8 Å². The summed E-state index contributed by atoms with van der Waals surface area (Å²) in [5, 5.41) is 2.69. The first-order valence-electron chi connectivity index (χ1n) is 6.67. The molecule has 0 aromatic heterocycles. The van der Waals surface area contributed by atoms with Gasteiger partial charge < -0.3 is 14.8 Å². The molecule has 0 saturated heterocycles. The molecule has 7 nitrogen and oxygen atoms in total. The van der Waals surface area contributed by atoms with E-state index in [4.69, 9.17) is 9.47 Å². The molecule has 0 bridgehead atoms. The van der Waals surface area contributed by atoms with Gasteiger partial charge in [-0.05, 0) is 19.1 Å². The van der Waals surface area contributed by atoms with Crippen molar-refractivity contribution in [3.05, 3.63) is 18.2 Å². The molecule has 0 spiro atoms. The van der Waals surface area contributed by atoms with Crippen LogP contribution >= 0.6 is 0 Å². The van der Waals surface area contributed by atoms with E-state index in [-0.39, 0.29) is 24.6 Å². The average Bonchev–Trinajstić information content (AvgIpc) is 2.47. The third kappa shape index (κ3) is 4.61. The summed E-state index contributed by atoms with van der Waals surface area (Å²) in [5.74, 6) is 0.961. The Morgan fingerprint density at radius 1 is 1.24 bits per heavy atom. The third-order valence-corrected chi connectivity index (χ3v) is 4.28.